The number of likely N-dealkylation sites (N-methyl/N-ethyl adjacent to an activating group) is 1. The van der Waals surface area contributed by atoms with Crippen LogP contribution in [-0.4, -0.2) is 85.5 Å². The number of hydrogen-bond donors (Lipinski definition) is 0. The highest BCUT2D eigenvalue weighted by Gasteiger charge is 2.67. The summed E-state index contributed by atoms with van der Waals surface area (Å²) in [5, 5.41) is 0. The van der Waals surface area contributed by atoms with Crippen LogP contribution in [0.25, 0.3) is 0 Å². The van der Waals surface area contributed by atoms with Crippen molar-refractivity contribution >= 4 is 58.9 Å². The number of rotatable bonds is 2. The fraction of sp³-hybridized carbons (Fsp3) is 0.280. The molecule has 2 aliphatic carbocycles. The zero-order chi connectivity index (χ0) is 24.7. The molecule has 1 amide bonds. The van der Waals surface area contributed by atoms with Gasteiger partial charge in [-0.1, -0.05) is 48.5 Å². The summed E-state index contributed by atoms with van der Waals surface area (Å²) in [4.78, 5) is 78.9. The first-order valence-electron chi connectivity index (χ1n) is 11.0. The Morgan fingerprint density at radius 2 is 1.23 bits per heavy atom. The highest BCUT2D eigenvalue weighted by molar-refractivity contribution is 8.03. The molecule has 35 heavy (non-hydrogen) atoms. The highest BCUT2D eigenvalue weighted by Crippen LogP contribution is 2.52. The fourth-order valence-corrected chi connectivity index (χ4v) is 8.59. The Morgan fingerprint density at radius 3 is 1.69 bits per heavy atom. The molecule has 176 valence electrons. The molecule has 0 aromatic heterocycles. The van der Waals surface area contributed by atoms with Crippen molar-refractivity contribution in [3.8, 4) is 0 Å². The highest BCUT2D eigenvalue weighted by atomic mass is 32.2. The number of nitrogens with zero attached hydrogens (tertiary/aromatic N) is 2. The van der Waals surface area contributed by atoms with Crippen molar-refractivity contribution in [1.29, 1.82) is 0 Å². The van der Waals surface area contributed by atoms with Crippen LogP contribution in [0.3, 0.4) is 0 Å². The van der Waals surface area contributed by atoms with Crippen LogP contribution < -0.4 is 0 Å². The first kappa shape index (κ1) is 22.4. The lowest BCUT2D eigenvalue weighted by Crippen LogP contribution is -2.62. The van der Waals surface area contributed by atoms with Crippen molar-refractivity contribution in [2.45, 2.75) is 21.8 Å². The number of ketones is 4. The van der Waals surface area contributed by atoms with E-state index in [0.717, 1.165) is 28.4 Å². The quantitative estimate of drug-likeness (QED) is 0.444. The summed E-state index contributed by atoms with van der Waals surface area (Å²) in [6.07, 6.45) is 0.572. The lowest BCUT2D eigenvalue weighted by molar-refractivity contribution is -0.140. The van der Waals surface area contributed by atoms with Crippen LogP contribution in [0.1, 0.15) is 41.4 Å². The van der Waals surface area contributed by atoms with Crippen molar-refractivity contribution in [3.05, 3.63) is 70.8 Å². The van der Waals surface area contributed by atoms with E-state index in [-0.39, 0.29) is 22.6 Å². The Kier molecular flexibility index (Phi) is 4.77. The van der Waals surface area contributed by atoms with E-state index in [4.69, 9.17) is 0 Å². The van der Waals surface area contributed by atoms with Crippen LogP contribution in [0.15, 0.2) is 48.5 Å². The van der Waals surface area contributed by atoms with Gasteiger partial charge >= 0.3 is 0 Å². The van der Waals surface area contributed by atoms with Gasteiger partial charge in [-0.3, -0.25) is 28.9 Å². The van der Waals surface area contributed by atoms with Crippen LogP contribution in [-0.2, 0) is 9.59 Å². The molecular formula is C25H18N2O6S2. The van der Waals surface area contributed by atoms with Gasteiger partial charge in [0.1, 0.15) is 12.3 Å². The lowest BCUT2D eigenvalue weighted by Gasteiger charge is -2.37. The van der Waals surface area contributed by atoms with E-state index in [9.17, 15) is 28.8 Å². The Hall–Kier alpha value is -3.08. The smallest absolute Gasteiger partial charge is 0.243 e. The zero-order valence-corrected chi connectivity index (χ0v) is 20.1. The average Bonchev–Trinajstić information content (AvgIpc) is 3.56. The Labute approximate surface area is 208 Å². The number of hydrogen-bond acceptors (Lipinski definition) is 9. The average molecular weight is 507 g/mol. The van der Waals surface area contributed by atoms with Gasteiger partial charge < -0.3 is 9.69 Å². The van der Waals surface area contributed by atoms with Crippen molar-refractivity contribution in [3.63, 3.8) is 0 Å². The first-order valence-corrected chi connectivity index (χ1v) is 12.9. The van der Waals surface area contributed by atoms with Crippen molar-refractivity contribution in [2.75, 3.05) is 18.6 Å². The standard InChI is InChI=1S/C25H18N2O6S2/c1-26-18(12-35-24(26)19(29)14-6-2-3-7-15(14)20(24)30)23(33)27-13(10-28)11-34-25(27)21(31)16-8-4-5-9-17(16)22(25)32/h2-10,13,18H,11-12H2,1H3. The molecule has 2 unspecified atom stereocenters. The molecule has 0 saturated carbocycles. The second-order valence-corrected chi connectivity index (χ2v) is 11.3. The number of carbonyl (C=O) groups excluding carboxylic acids is 6. The monoisotopic (exact) mass is 506 g/mol. The molecule has 2 atom stereocenters. The maximum atomic E-state index is 14.0. The van der Waals surface area contributed by atoms with Crippen LogP contribution in [0, 0.1) is 0 Å². The summed E-state index contributed by atoms with van der Waals surface area (Å²) >= 11 is 2.06. The van der Waals surface area contributed by atoms with Crippen molar-refractivity contribution in [1.82, 2.24) is 9.80 Å². The molecule has 0 N–H and O–H groups in total. The molecule has 2 aliphatic heterocycles. The van der Waals surface area contributed by atoms with E-state index in [0.29, 0.717) is 17.4 Å². The Morgan fingerprint density at radius 1 is 0.800 bits per heavy atom. The number of aldehydes is 1. The minimum Gasteiger partial charge on any atom is -0.302 e. The van der Waals surface area contributed by atoms with Gasteiger partial charge in [-0.2, -0.15) is 0 Å². The Balaban J connectivity index is 1.40. The van der Waals surface area contributed by atoms with E-state index >= 15 is 0 Å². The third-order valence-electron chi connectivity index (χ3n) is 7.29. The van der Waals surface area contributed by atoms with Crippen LogP contribution in [0.4, 0.5) is 0 Å². The summed E-state index contributed by atoms with van der Waals surface area (Å²) in [6, 6.07) is 11.0. The molecular weight excluding hydrogens is 488 g/mol. The Bertz CT molecular complexity index is 1320. The number of benzene rings is 2. The van der Waals surface area contributed by atoms with Gasteiger partial charge in [-0.25, -0.2) is 0 Å². The maximum Gasteiger partial charge on any atom is 0.243 e. The van der Waals surface area contributed by atoms with Crippen molar-refractivity contribution < 1.29 is 28.8 Å². The molecule has 2 aromatic carbocycles. The normalized spacial score (nSPS) is 26.1. The van der Waals surface area contributed by atoms with E-state index in [1.807, 2.05) is 0 Å². The first-order chi connectivity index (χ1) is 16.8. The van der Waals surface area contributed by atoms with Crippen LogP contribution in [0.5, 0.6) is 0 Å². The van der Waals surface area contributed by atoms with Gasteiger partial charge in [0, 0.05) is 33.8 Å². The predicted molar refractivity (Wildman–Crippen MR) is 129 cm³/mol. The van der Waals surface area contributed by atoms with Gasteiger partial charge in [0.2, 0.25) is 33.9 Å². The number of carbonyl (C=O) groups is 6. The SMILES string of the molecule is CN1C(C(=O)N2C(C=O)CSC23C(=O)c2ccccc2C3=O)CSC12C(=O)c1ccccc1C2=O. The third-order valence-corrected chi connectivity index (χ3v) is 10.3. The molecule has 4 aliphatic rings. The fourth-order valence-electron chi connectivity index (χ4n) is 5.53. The number of Topliss-reactive ketones (excluding diaryl/α,β-unsaturated/α-hetero) is 4. The minimum atomic E-state index is -1.86. The maximum absolute atomic E-state index is 14.0. The van der Waals surface area contributed by atoms with E-state index in [2.05, 4.69) is 0 Å². The molecule has 8 nitrogen and oxygen atoms in total. The predicted octanol–water partition coefficient (Wildman–Crippen LogP) is 1.73. The largest absolute Gasteiger partial charge is 0.302 e. The molecule has 2 spiro atoms. The summed E-state index contributed by atoms with van der Waals surface area (Å²) in [5.74, 6) is -2.26. The van der Waals surface area contributed by atoms with E-state index in [1.165, 1.54) is 11.9 Å². The molecule has 6 rings (SSSR count). The van der Waals surface area contributed by atoms with Gasteiger partial charge in [0.05, 0.1) is 6.04 Å². The van der Waals surface area contributed by atoms with Gasteiger partial charge in [-0.15, -0.1) is 23.5 Å². The van der Waals surface area contributed by atoms with E-state index in [1.54, 1.807) is 48.5 Å². The summed E-state index contributed by atoms with van der Waals surface area (Å²) < 4.78 is 0. The van der Waals surface area contributed by atoms with Crippen LogP contribution in [0.2, 0.25) is 0 Å². The molecule has 2 aromatic rings. The number of thioether (sulfide) groups is 2. The van der Waals surface area contributed by atoms with Crippen LogP contribution >= 0.6 is 23.5 Å². The second-order valence-electron chi connectivity index (χ2n) is 8.86. The summed E-state index contributed by atoms with van der Waals surface area (Å²) in [6.45, 7) is 0. The van der Waals surface area contributed by atoms with Gasteiger partial charge in [-0.05, 0) is 7.05 Å². The number of amides is 1. The zero-order valence-electron chi connectivity index (χ0n) is 18.4. The molecule has 2 fully saturated rings. The molecule has 2 heterocycles. The second kappa shape index (κ2) is 7.46. The third kappa shape index (κ3) is 2.54. The molecule has 0 radical (unpaired) electrons. The van der Waals surface area contributed by atoms with Gasteiger partial charge in [0.25, 0.3) is 0 Å². The number of fused-ring (bicyclic) bond motifs is 2. The summed E-state index contributed by atoms with van der Waals surface area (Å²) in [7, 11) is 1.53. The lowest BCUT2D eigenvalue weighted by atomic mass is 10.0. The van der Waals surface area contributed by atoms with E-state index < -0.39 is 50.9 Å². The molecule has 2 saturated heterocycles. The summed E-state index contributed by atoms with van der Waals surface area (Å²) in [5.41, 5.74) is 1.05. The van der Waals surface area contributed by atoms with Crippen molar-refractivity contribution in [2.24, 2.45) is 0 Å². The molecule has 0 bridgehead atoms. The molecule has 10 heteroatoms. The van der Waals surface area contributed by atoms with Gasteiger partial charge in [0.15, 0.2) is 4.87 Å². The topological polar surface area (TPSA) is 109 Å². The minimum absolute atomic E-state index is 0.0960.